The Labute approximate surface area is 144 Å². The van der Waals surface area contributed by atoms with Crippen LogP contribution in [-0.2, 0) is 0 Å². The molecule has 23 heavy (non-hydrogen) atoms. The topological polar surface area (TPSA) is 42.8 Å². The van der Waals surface area contributed by atoms with Gasteiger partial charge in [0.15, 0.2) is 11.5 Å². The highest BCUT2D eigenvalue weighted by molar-refractivity contribution is 9.10. The molecular formula is C18H17BrN2O2. The van der Waals surface area contributed by atoms with E-state index in [9.17, 15) is 0 Å². The van der Waals surface area contributed by atoms with Crippen molar-refractivity contribution in [2.45, 2.75) is 6.92 Å². The van der Waals surface area contributed by atoms with Crippen molar-refractivity contribution in [1.29, 1.82) is 0 Å². The third-order valence-electron chi connectivity index (χ3n) is 2.84. The van der Waals surface area contributed by atoms with Crippen molar-refractivity contribution >= 4 is 27.8 Å². The molecule has 1 N–H and O–H groups in total. The summed E-state index contributed by atoms with van der Waals surface area (Å²) in [7, 11) is 0. The van der Waals surface area contributed by atoms with Crippen molar-refractivity contribution in [2.24, 2.45) is 5.10 Å². The Morgan fingerprint density at radius 1 is 1.22 bits per heavy atom. The van der Waals surface area contributed by atoms with Crippen LogP contribution in [0.15, 0.2) is 52.0 Å². The number of hydrogen-bond donors (Lipinski definition) is 1. The number of halogens is 1. The van der Waals surface area contributed by atoms with Crippen molar-refractivity contribution in [3.63, 3.8) is 0 Å². The monoisotopic (exact) mass is 372 g/mol. The predicted octanol–water partition coefficient (Wildman–Crippen LogP) is 4.31. The van der Waals surface area contributed by atoms with E-state index in [2.05, 4.69) is 32.4 Å². The van der Waals surface area contributed by atoms with Crippen LogP contribution in [0.25, 0.3) is 0 Å². The molecule has 4 nitrogen and oxygen atoms in total. The van der Waals surface area contributed by atoms with E-state index in [0.29, 0.717) is 18.1 Å². The third-order valence-corrected chi connectivity index (χ3v) is 3.53. The number of nitrogens with one attached hydrogen (secondary N) is 1. The Balaban J connectivity index is 2.17. The SMILES string of the molecule is C#CCOc1cc(Br)c(C=NNc2ccccc2)cc1OCC. The molecule has 0 spiro atoms. The summed E-state index contributed by atoms with van der Waals surface area (Å²) >= 11 is 3.50. The van der Waals surface area contributed by atoms with Gasteiger partial charge in [-0.1, -0.05) is 24.1 Å². The van der Waals surface area contributed by atoms with Crippen molar-refractivity contribution in [3.05, 3.63) is 52.5 Å². The molecule has 118 valence electrons. The molecular weight excluding hydrogens is 356 g/mol. The Bertz CT molecular complexity index is 709. The van der Waals surface area contributed by atoms with E-state index >= 15 is 0 Å². The van der Waals surface area contributed by atoms with Gasteiger partial charge in [-0.3, -0.25) is 5.43 Å². The number of hydrazone groups is 1. The van der Waals surface area contributed by atoms with E-state index < -0.39 is 0 Å². The van der Waals surface area contributed by atoms with Crippen LogP contribution in [0.3, 0.4) is 0 Å². The van der Waals surface area contributed by atoms with Gasteiger partial charge in [-0.05, 0) is 47.1 Å². The van der Waals surface area contributed by atoms with Crippen LogP contribution in [0.2, 0.25) is 0 Å². The van der Waals surface area contributed by atoms with Crippen LogP contribution in [0, 0.1) is 12.3 Å². The molecule has 0 saturated carbocycles. The average Bonchev–Trinajstić information content (AvgIpc) is 2.57. The zero-order chi connectivity index (χ0) is 16.5. The molecule has 2 aromatic rings. The average molecular weight is 373 g/mol. The quantitative estimate of drug-likeness (QED) is 0.447. The number of ether oxygens (including phenoxy) is 2. The Hall–Kier alpha value is -2.45. The second-order valence-corrected chi connectivity index (χ2v) is 5.34. The number of rotatable bonds is 7. The van der Waals surface area contributed by atoms with Crippen LogP contribution in [0.1, 0.15) is 12.5 Å². The van der Waals surface area contributed by atoms with Crippen LogP contribution in [0.4, 0.5) is 5.69 Å². The van der Waals surface area contributed by atoms with Crippen molar-refractivity contribution in [3.8, 4) is 23.8 Å². The number of anilines is 1. The molecule has 0 fully saturated rings. The highest BCUT2D eigenvalue weighted by Crippen LogP contribution is 2.33. The molecule has 0 aliphatic carbocycles. The normalized spacial score (nSPS) is 10.3. The predicted molar refractivity (Wildman–Crippen MR) is 97.3 cm³/mol. The van der Waals surface area contributed by atoms with E-state index in [-0.39, 0.29) is 6.61 Å². The van der Waals surface area contributed by atoms with E-state index in [1.807, 2.05) is 49.4 Å². The van der Waals surface area contributed by atoms with Crippen LogP contribution in [-0.4, -0.2) is 19.4 Å². The molecule has 5 heteroatoms. The molecule has 2 rings (SSSR count). The number of para-hydroxylation sites is 1. The minimum absolute atomic E-state index is 0.190. The smallest absolute Gasteiger partial charge is 0.163 e. The molecule has 0 aliphatic rings. The first-order chi connectivity index (χ1) is 11.2. The van der Waals surface area contributed by atoms with Crippen molar-refractivity contribution in [1.82, 2.24) is 0 Å². The highest BCUT2D eigenvalue weighted by Gasteiger charge is 2.09. The maximum Gasteiger partial charge on any atom is 0.163 e. The summed E-state index contributed by atoms with van der Waals surface area (Å²) in [6, 6.07) is 13.4. The highest BCUT2D eigenvalue weighted by atomic mass is 79.9. The van der Waals surface area contributed by atoms with Gasteiger partial charge >= 0.3 is 0 Å². The Kier molecular flexibility index (Phi) is 6.52. The van der Waals surface area contributed by atoms with Gasteiger partial charge < -0.3 is 9.47 Å². The molecule has 0 atom stereocenters. The second kappa shape index (κ2) is 8.86. The lowest BCUT2D eigenvalue weighted by Gasteiger charge is -2.12. The van der Waals surface area contributed by atoms with Gasteiger partial charge in [0, 0.05) is 10.0 Å². The summed E-state index contributed by atoms with van der Waals surface area (Å²) < 4.78 is 11.9. The van der Waals surface area contributed by atoms with Crippen LogP contribution >= 0.6 is 15.9 Å². The second-order valence-electron chi connectivity index (χ2n) is 4.48. The maximum absolute atomic E-state index is 5.60. The lowest BCUT2D eigenvalue weighted by Crippen LogP contribution is -2.01. The molecule has 0 radical (unpaired) electrons. The van der Waals surface area contributed by atoms with E-state index in [1.54, 1.807) is 6.21 Å². The summed E-state index contributed by atoms with van der Waals surface area (Å²) in [4.78, 5) is 0. The first kappa shape index (κ1) is 16.9. The van der Waals surface area contributed by atoms with Gasteiger partial charge in [-0.2, -0.15) is 5.10 Å². The molecule has 0 amide bonds. The maximum atomic E-state index is 5.60. The zero-order valence-electron chi connectivity index (χ0n) is 12.8. The summed E-state index contributed by atoms with van der Waals surface area (Å²) in [5, 5.41) is 4.23. The first-order valence-corrected chi connectivity index (χ1v) is 7.90. The number of hydrogen-bond acceptors (Lipinski definition) is 4. The molecule has 0 bridgehead atoms. The minimum Gasteiger partial charge on any atom is -0.490 e. The van der Waals surface area contributed by atoms with E-state index in [4.69, 9.17) is 15.9 Å². The standard InChI is InChI=1S/C18H17BrN2O2/c1-3-10-23-18-12-16(19)14(11-17(18)22-4-2)13-20-21-15-8-6-5-7-9-15/h1,5-9,11-13,21H,4,10H2,2H3. The number of nitrogens with zero attached hydrogens (tertiary/aromatic N) is 1. The zero-order valence-corrected chi connectivity index (χ0v) is 14.3. The first-order valence-electron chi connectivity index (χ1n) is 7.11. The number of benzene rings is 2. The summed E-state index contributed by atoms with van der Waals surface area (Å²) in [5.74, 6) is 3.68. The van der Waals surface area contributed by atoms with E-state index in [1.165, 1.54) is 0 Å². The van der Waals surface area contributed by atoms with Gasteiger partial charge in [-0.15, -0.1) is 6.42 Å². The largest absolute Gasteiger partial charge is 0.490 e. The fourth-order valence-electron chi connectivity index (χ4n) is 1.84. The lowest BCUT2D eigenvalue weighted by atomic mass is 10.2. The molecule has 0 unspecified atom stereocenters. The van der Waals surface area contributed by atoms with Crippen molar-refractivity contribution < 1.29 is 9.47 Å². The van der Waals surface area contributed by atoms with Gasteiger partial charge in [-0.25, -0.2) is 0 Å². The Morgan fingerprint density at radius 3 is 2.65 bits per heavy atom. The van der Waals surface area contributed by atoms with E-state index in [0.717, 1.165) is 15.7 Å². The number of terminal acetylenes is 1. The summed E-state index contributed by atoms with van der Waals surface area (Å²) in [6.45, 7) is 2.64. The van der Waals surface area contributed by atoms with Crippen LogP contribution in [0.5, 0.6) is 11.5 Å². The fraction of sp³-hybridized carbons (Fsp3) is 0.167. The van der Waals surface area contributed by atoms with Gasteiger partial charge in [0.05, 0.1) is 18.5 Å². The minimum atomic E-state index is 0.190. The fourth-order valence-corrected chi connectivity index (χ4v) is 2.26. The molecule has 0 aliphatic heterocycles. The Morgan fingerprint density at radius 2 is 1.96 bits per heavy atom. The van der Waals surface area contributed by atoms with Crippen LogP contribution < -0.4 is 14.9 Å². The van der Waals surface area contributed by atoms with Gasteiger partial charge in [0.1, 0.15) is 6.61 Å². The molecule has 0 aromatic heterocycles. The third kappa shape index (κ3) is 5.04. The molecule has 0 heterocycles. The molecule has 0 saturated heterocycles. The van der Waals surface area contributed by atoms with Gasteiger partial charge in [0.2, 0.25) is 0 Å². The summed E-state index contributed by atoms with van der Waals surface area (Å²) in [5.41, 5.74) is 4.75. The lowest BCUT2D eigenvalue weighted by molar-refractivity contribution is 0.299. The van der Waals surface area contributed by atoms with Gasteiger partial charge in [0.25, 0.3) is 0 Å². The van der Waals surface area contributed by atoms with Crippen molar-refractivity contribution in [2.75, 3.05) is 18.6 Å². The summed E-state index contributed by atoms with van der Waals surface area (Å²) in [6.07, 6.45) is 6.95. The molecule has 2 aromatic carbocycles.